The van der Waals surface area contributed by atoms with Crippen LogP contribution in [0.25, 0.3) is 0 Å². The molecule has 0 aliphatic rings. The normalized spacial score (nSPS) is 14.1. The van der Waals surface area contributed by atoms with Crippen LogP contribution in [0.4, 0.5) is 0 Å². The second-order valence-electron chi connectivity index (χ2n) is 3.52. The van der Waals surface area contributed by atoms with Crippen molar-refractivity contribution in [2.75, 3.05) is 32.1 Å². The van der Waals surface area contributed by atoms with Gasteiger partial charge in [-0.2, -0.15) is 11.8 Å². The maximum atomic E-state index is 11.5. The molecule has 0 saturated carbocycles. The first-order chi connectivity index (χ1) is 7.02. The summed E-state index contributed by atoms with van der Waals surface area (Å²) in [6.45, 7) is 3.40. The van der Waals surface area contributed by atoms with E-state index in [0.717, 1.165) is 13.0 Å². The first kappa shape index (κ1) is 15.2. The van der Waals surface area contributed by atoms with Gasteiger partial charge in [0.1, 0.15) is 0 Å². The highest BCUT2D eigenvalue weighted by Crippen LogP contribution is 2.03. The van der Waals surface area contributed by atoms with E-state index in [2.05, 4.69) is 10.0 Å². The van der Waals surface area contributed by atoms with Crippen molar-refractivity contribution in [1.29, 1.82) is 0 Å². The van der Waals surface area contributed by atoms with Gasteiger partial charge in [-0.15, -0.1) is 0 Å². The molecule has 0 aromatic heterocycles. The minimum atomic E-state index is -3.06. The first-order valence-electron chi connectivity index (χ1n) is 5.16. The Labute approximate surface area is 97.6 Å². The number of sulfonamides is 1. The van der Waals surface area contributed by atoms with Crippen molar-refractivity contribution in [3.63, 3.8) is 0 Å². The third-order valence-corrected chi connectivity index (χ3v) is 4.49. The molecule has 0 bridgehead atoms. The van der Waals surface area contributed by atoms with Gasteiger partial charge in [0.25, 0.3) is 0 Å². The highest BCUT2D eigenvalue weighted by Gasteiger charge is 2.10. The lowest BCUT2D eigenvalue weighted by atomic mass is 10.3. The Hall–Kier alpha value is 0.220. The van der Waals surface area contributed by atoms with Gasteiger partial charge in [-0.25, -0.2) is 13.1 Å². The van der Waals surface area contributed by atoms with E-state index >= 15 is 0 Å². The van der Waals surface area contributed by atoms with E-state index in [1.807, 2.05) is 20.2 Å². The lowest BCUT2D eigenvalue weighted by molar-refractivity contribution is 0.575. The summed E-state index contributed by atoms with van der Waals surface area (Å²) in [4.78, 5) is 0. The average Bonchev–Trinajstić information content (AvgIpc) is 2.21. The fraction of sp³-hybridized carbons (Fsp3) is 1.00. The summed E-state index contributed by atoms with van der Waals surface area (Å²) < 4.78 is 25.6. The molecule has 0 heterocycles. The summed E-state index contributed by atoms with van der Waals surface area (Å²) in [5.74, 6) is 0.232. The Morgan fingerprint density at radius 3 is 2.53 bits per heavy atom. The molecular weight excluding hydrogens is 232 g/mol. The highest BCUT2D eigenvalue weighted by molar-refractivity contribution is 7.99. The lowest BCUT2D eigenvalue weighted by Gasteiger charge is -2.10. The molecule has 0 radical (unpaired) electrons. The SMILES string of the molecule is CNCCCCS(=O)(=O)NCC(C)SC. The van der Waals surface area contributed by atoms with Gasteiger partial charge in [0.05, 0.1) is 5.75 Å². The standard InChI is InChI=1S/C9H22N2O2S2/c1-9(14-3)8-11-15(12,13)7-5-4-6-10-2/h9-11H,4-8H2,1-3H3. The minimum absolute atomic E-state index is 0.232. The molecular formula is C9H22N2O2S2. The van der Waals surface area contributed by atoms with E-state index in [1.165, 1.54) is 0 Å². The van der Waals surface area contributed by atoms with Crippen LogP contribution in [0.15, 0.2) is 0 Å². The van der Waals surface area contributed by atoms with E-state index in [1.54, 1.807) is 11.8 Å². The third kappa shape index (κ3) is 9.17. The van der Waals surface area contributed by atoms with Crippen LogP contribution in [-0.2, 0) is 10.0 Å². The van der Waals surface area contributed by atoms with Gasteiger partial charge < -0.3 is 5.32 Å². The van der Waals surface area contributed by atoms with Crippen LogP contribution in [-0.4, -0.2) is 45.8 Å². The van der Waals surface area contributed by atoms with Gasteiger partial charge in [-0.3, -0.25) is 0 Å². The molecule has 15 heavy (non-hydrogen) atoms. The van der Waals surface area contributed by atoms with Crippen LogP contribution in [0.5, 0.6) is 0 Å². The molecule has 1 atom stereocenters. The number of hydrogen-bond acceptors (Lipinski definition) is 4. The Morgan fingerprint density at radius 1 is 1.33 bits per heavy atom. The van der Waals surface area contributed by atoms with Gasteiger partial charge >= 0.3 is 0 Å². The number of unbranched alkanes of at least 4 members (excludes halogenated alkanes) is 1. The Kier molecular flexibility index (Phi) is 8.50. The monoisotopic (exact) mass is 254 g/mol. The van der Waals surface area contributed by atoms with Gasteiger partial charge in [-0.05, 0) is 32.7 Å². The van der Waals surface area contributed by atoms with E-state index in [9.17, 15) is 8.42 Å². The van der Waals surface area contributed by atoms with Crippen LogP contribution in [0, 0.1) is 0 Å². The number of rotatable bonds is 9. The third-order valence-electron chi connectivity index (χ3n) is 2.08. The van der Waals surface area contributed by atoms with Crippen LogP contribution in [0.1, 0.15) is 19.8 Å². The largest absolute Gasteiger partial charge is 0.320 e. The van der Waals surface area contributed by atoms with Crippen molar-refractivity contribution in [3.05, 3.63) is 0 Å². The van der Waals surface area contributed by atoms with Crippen molar-refractivity contribution in [1.82, 2.24) is 10.0 Å². The Morgan fingerprint density at radius 2 is 2.00 bits per heavy atom. The van der Waals surface area contributed by atoms with E-state index in [4.69, 9.17) is 0 Å². The molecule has 1 unspecified atom stereocenters. The fourth-order valence-electron chi connectivity index (χ4n) is 0.994. The lowest BCUT2D eigenvalue weighted by Crippen LogP contribution is -2.31. The zero-order chi connectivity index (χ0) is 11.7. The molecule has 92 valence electrons. The van der Waals surface area contributed by atoms with Crippen LogP contribution < -0.4 is 10.0 Å². The Balaban J connectivity index is 3.68. The highest BCUT2D eigenvalue weighted by atomic mass is 32.2. The molecule has 6 heteroatoms. The van der Waals surface area contributed by atoms with E-state index in [-0.39, 0.29) is 5.75 Å². The van der Waals surface area contributed by atoms with Crippen molar-refractivity contribution in [3.8, 4) is 0 Å². The van der Waals surface area contributed by atoms with Crippen molar-refractivity contribution in [2.24, 2.45) is 0 Å². The maximum absolute atomic E-state index is 11.5. The molecule has 0 aromatic carbocycles. The molecule has 0 amide bonds. The number of hydrogen-bond donors (Lipinski definition) is 2. The summed E-state index contributed by atoms with van der Waals surface area (Å²) in [5, 5.41) is 3.33. The smallest absolute Gasteiger partial charge is 0.211 e. The molecule has 0 aliphatic carbocycles. The molecule has 4 nitrogen and oxygen atoms in total. The molecule has 0 aromatic rings. The Bertz CT molecular complexity index is 242. The van der Waals surface area contributed by atoms with Crippen LogP contribution in [0.2, 0.25) is 0 Å². The maximum Gasteiger partial charge on any atom is 0.211 e. The van der Waals surface area contributed by atoms with Crippen molar-refractivity contribution < 1.29 is 8.42 Å². The molecule has 0 fully saturated rings. The van der Waals surface area contributed by atoms with Gasteiger partial charge in [0.2, 0.25) is 10.0 Å². The summed E-state index contributed by atoms with van der Waals surface area (Å²) in [7, 11) is -1.19. The molecule has 0 aliphatic heterocycles. The second kappa shape index (κ2) is 8.38. The first-order valence-corrected chi connectivity index (χ1v) is 8.10. The summed E-state index contributed by atoms with van der Waals surface area (Å²) in [5.41, 5.74) is 0. The predicted octanol–water partition coefficient (Wildman–Crippen LogP) is 0.657. The van der Waals surface area contributed by atoms with E-state index < -0.39 is 10.0 Å². The molecule has 2 N–H and O–H groups in total. The van der Waals surface area contributed by atoms with Gasteiger partial charge in [0, 0.05) is 11.8 Å². The van der Waals surface area contributed by atoms with Crippen molar-refractivity contribution >= 4 is 21.8 Å². The zero-order valence-corrected chi connectivity index (χ0v) is 11.4. The second-order valence-corrected chi connectivity index (χ2v) is 6.73. The predicted molar refractivity (Wildman–Crippen MR) is 67.9 cm³/mol. The summed E-state index contributed by atoms with van der Waals surface area (Å²) in [6, 6.07) is 0. The summed E-state index contributed by atoms with van der Waals surface area (Å²) in [6.07, 6.45) is 3.59. The quantitative estimate of drug-likeness (QED) is 0.593. The summed E-state index contributed by atoms with van der Waals surface area (Å²) >= 11 is 1.66. The molecule has 0 saturated heterocycles. The topological polar surface area (TPSA) is 58.2 Å². The fourth-order valence-corrected chi connectivity index (χ4v) is 2.58. The zero-order valence-electron chi connectivity index (χ0n) is 9.75. The van der Waals surface area contributed by atoms with Crippen LogP contribution >= 0.6 is 11.8 Å². The number of thioether (sulfide) groups is 1. The average molecular weight is 254 g/mol. The van der Waals surface area contributed by atoms with Crippen molar-refractivity contribution in [2.45, 2.75) is 25.0 Å². The van der Waals surface area contributed by atoms with E-state index in [0.29, 0.717) is 18.2 Å². The van der Waals surface area contributed by atoms with Crippen LogP contribution in [0.3, 0.4) is 0 Å². The minimum Gasteiger partial charge on any atom is -0.320 e. The van der Waals surface area contributed by atoms with Gasteiger partial charge in [-0.1, -0.05) is 6.92 Å². The molecule has 0 spiro atoms. The van der Waals surface area contributed by atoms with Gasteiger partial charge in [0.15, 0.2) is 0 Å². The molecule has 0 rings (SSSR count). The number of nitrogens with one attached hydrogen (secondary N) is 2.